The molecule has 2 aromatic rings. The van der Waals surface area contributed by atoms with Crippen molar-refractivity contribution in [2.75, 3.05) is 13.2 Å². The van der Waals surface area contributed by atoms with Crippen molar-refractivity contribution >= 4 is 5.91 Å². The molecule has 1 aliphatic rings. The first-order valence-corrected chi connectivity index (χ1v) is 8.37. The molecule has 0 saturated carbocycles. The molecule has 2 aromatic carbocycles. The van der Waals surface area contributed by atoms with Gasteiger partial charge in [0.05, 0.1) is 6.61 Å². The average molecular weight is 309 g/mol. The third-order valence-corrected chi connectivity index (χ3v) is 4.35. The van der Waals surface area contributed by atoms with E-state index >= 15 is 0 Å². The van der Waals surface area contributed by atoms with E-state index < -0.39 is 0 Å². The highest BCUT2D eigenvalue weighted by Gasteiger charge is 2.25. The van der Waals surface area contributed by atoms with Crippen LogP contribution in [-0.2, 0) is 6.42 Å². The lowest BCUT2D eigenvalue weighted by molar-refractivity contribution is 0.0950. The molecule has 120 valence electrons. The molecule has 0 bridgehead atoms. The Hall–Kier alpha value is -2.29. The van der Waals surface area contributed by atoms with Crippen LogP contribution in [0.5, 0.6) is 5.75 Å². The Kier molecular flexibility index (Phi) is 4.96. The van der Waals surface area contributed by atoms with Crippen molar-refractivity contribution in [3.63, 3.8) is 0 Å². The van der Waals surface area contributed by atoms with Crippen LogP contribution in [0.4, 0.5) is 0 Å². The average Bonchev–Trinajstić information content (AvgIpc) is 2.56. The molecule has 1 aliphatic carbocycles. The van der Waals surface area contributed by atoms with Gasteiger partial charge in [-0.3, -0.25) is 4.79 Å². The van der Waals surface area contributed by atoms with Gasteiger partial charge in [0.1, 0.15) is 5.75 Å². The van der Waals surface area contributed by atoms with E-state index in [-0.39, 0.29) is 5.91 Å². The van der Waals surface area contributed by atoms with Crippen LogP contribution in [-0.4, -0.2) is 19.1 Å². The Balaban J connectivity index is 1.49. The minimum atomic E-state index is -0.0190. The van der Waals surface area contributed by atoms with Crippen LogP contribution in [0.25, 0.3) is 0 Å². The van der Waals surface area contributed by atoms with Crippen LogP contribution in [0.15, 0.2) is 48.5 Å². The quantitative estimate of drug-likeness (QED) is 0.787. The minimum Gasteiger partial charge on any atom is -0.494 e. The predicted molar refractivity (Wildman–Crippen MR) is 92.1 cm³/mol. The van der Waals surface area contributed by atoms with Crippen molar-refractivity contribution in [2.24, 2.45) is 0 Å². The number of hydrogen-bond donors (Lipinski definition) is 1. The molecule has 0 radical (unpaired) electrons. The number of rotatable bonds is 7. The third-order valence-electron chi connectivity index (χ3n) is 4.35. The summed E-state index contributed by atoms with van der Waals surface area (Å²) in [4.78, 5) is 12.2. The fraction of sp³-hybridized carbons (Fsp3) is 0.350. The molecule has 0 fully saturated rings. The van der Waals surface area contributed by atoms with Gasteiger partial charge >= 0.3 is 0 Å². The second kappa shape index (κ2) is 7.32. The van der Waals surface area contributed by atoms with Crippen LogP contribution in [0.3, 0.4) is 0 Å². The molecule has 1 amide bonds. The van der Waals surface area contributed by atoms with E-state index in [0.29, 0.717) is 18.0 Å². The Bertz CT molecular complexity index is 664. The SMILES string of the molecule is CCCCOc1ccc(C(=O)NC[C@H]2Cc3ccccc32)cc1. The van der Waals surface area contributed by atoms with E-state index in [1.54, 1.807) is 0 Å². The van der Waals surface area contributed by atoms with Gasteiger partial charge in [0, 0.05) is 18.0 Å². The molecular weight excluding hydrogens is 286 g/mol. The summed E-state index contributed by atoms with van der Waals surface area (Å²) in [5.74, 6) is 1.25. The number of carbonyl (C=O) groups is 1. The Morgan fingerprint density at radius 2 is 1.96 bits per heavy atom. The van der Waals surface area contributed by atoms with Crippen LogP contribution >= 0.6 is 0 Å². The Morgan fingerprint density at radius 1 is 1.17 bits per heavy atom. The molecule has 0 aromatic heterocycles. The summed E-state index contributed by atoms with van der Waals surface area (Å²) < 4.78 is 5.61. The Labute approximate surface area is 137 Å². The van der Waals surface area contributed by atoms with Crippen molar-refractivity contribution in [1.29, 1.82) is 0 Å². The molecule has 23 heavy (non-hydrogen) atoms. The highest BCUT2D eigenvalue weighted by atomic mass is 16.5. The highest BCUT2D eigenvalue weighted by molar-refractivity contribution is 5.94. The lowest BCUT2D eigenvalue weighted by atomic mass is 9.77. The Morgan fingerprint density at radius 3 is 2.70 bits per heavy atom. The topological polar surface area (TPSA) is 38.3 Å². The van der Waals surface area contributed by atoms with E-state index in [1.165, 1.54) is 11.1 Å². The normalized spacial score (nSPS) is 15.4. The summed E-state index contributed by atoms with van der Waals surface area (Å²) in [5.41, 5.74) is 3.45. The summed E-state index contributed by atoms with van der Waals surface area (Å²) in [6, 6.07) is 15.8. The van der Waals surface area contributed by atoms with Crippen LogP contribution in [0, 0.1) is 0 Å². The monoisotopic (exact) mass is 309 g/mol. The zero-order valence-corrected chi connectivity index (χ0v) is 13.5. The van der Waals surface area contributed by atoms with Crippen LogP contribution in [0.1, 0.15) is 47.2 Å². The highest BCUT2D eigenvalue weighted by Crippen LogP contribution is 2.34. The summed E-state index contributed by atoms with van der Waals surface area (Å²) >= 11 is 0. The number of hydrogen-bond acceptors (Lipinski definition) is 2. The number of carbonyl (C=O) groups excluding carboxylic acids is 1. The largest absolute Gasteiger partial charge is 0.494 e. The second-order valence-corrected chi connectivity index (χ2v) is 6.04. The summed E-state index contributed by atoms with van der Waals surface area (Å²) in [6.07, 6.45) is 3.22. The van der Waals surface area contributed by atoms with Crippen molar-refractivity contribution in [2.45, 2.75) is 32.1 Å². The fourth-order valence-corrected chi connectivity index (χ4v) is 2.90. The standard InChI is InChI=1S/C20H23NO2/c1-2-3-12-23-18-10-8-15(9-11-18)20(22)21-14-17-13-16-6-4-5-7-19(16)17/h4-11,17H,2-3,12-14H2,1H3,(H,21,22)/t17-/m1/s1. The van der Waals surface area contributed by atoms with Crippen molar-refractivity contribution < 1.29 is 9.53 Å². The number of benzene rings is 2. The first-order chi connectivity index (χ1) is 11.3. The number of unbranched alkanes of at least 4 members (excludes halogenated alkanes) is 1. The van der Waals surface area contributed by atoms with Crippen molar-refractivity contribution in [1.82, 2.24) is 5.32 Å². The van der Waals surface area contributed by atoms with Gasteiger partial charge in [-0.2, -0.15) is 0 Å². The van der Waals surface area contributed by atoms with Gasteiger partial charge in [-0.1, -0.05) is 37.6 Å². The van der Waals surface area contributed by atoms with E-state index in [9.17, 15) is 4.79 Å². The first-order valence-electron chi connectivity index (χ1n) is 8.37. The lowest BCUT2D eigenvalue weighted by Crippen LogP contribution is -2.33. The molecule has 0 spiro atoms. The van der Waals surface area contributed by atoms with E-state index in [4.69, 9.17) is 4.74 Å². The molecule has 0 saturated heterocycles. The van der Waals surface area contributed by atoms with Crippen molar-refractivity contribution in [3.05, 3.63) is 65.2 Å². The lowest BCUT2D eigenvalue weighted by Gasteiger charge is -2.30. The van der Waals surface area contributed by atoms with Gasteiger partial charge in [-0.15, -0.1) is 0 Å². The maximum atomic E-state index is 12.2. The molecular formula is C20H23NO2. The summed E-state index contributed by atoms with van der Waals surface area (Å²) in [6.45, 7) is 3.56. The van der Waals surface area contributed by atoms with Gasteiger partial charge in [0.15, 0.2) is 0 Å². The smallest absolute Gasteiger partial charge is 0.251 e. The van der Waals surface area contributed by atoms with Crippen LogP contribution in [0.2, 0.25) is 0 Å². The van der Waals surface area contributed by atoms with Gasteiger partial charge in [0.25, 0.3) is 5.91 Å². The van der Waals surface area contributed by atoms with Gasteiger partial charge in [0.2, 0.25) is 0 Å². The van der Waals surface area contributed by atoms with Gasteiger partial charge in [-0.05, 0) is 48.2 Å². The maximum Gasteiger partial charge on any atom is 0.251 e. The molecule has 3 rings (SSSR count). The zero-order valence-electron chi connectivity index (χ0n) is 13.5. The molecule has 0 unspecified atom stereocenters. The molecule has 3 heteroatoms. The van der Waals surface area contributed by atoms with E-state index in [0.717, 1.165) is 31.6 Å². The molecule has 1 atom stereocenters. The summed E-state index contributed by atoms with van der Waals surface area (Å²) in [5, 5.41) is 3.03. The first kappa shape index (κ1) is 15.6. The molecule has 0 heterocycles. The van der Waals surface area contributed by atoms with E-state index in [2.05, 4.69) is 36.5 Å². The zero-order chi connectivity index (χ0) is 16.1. The van der Waals surface area contributed by atoms with Crippen LogP contribution < -0.4 is 10.1 Å². The molecule has 3 nitrogen and oxygen atoms in total. The summed E-state index contributed by atoms with van der Waals surface area (Å²) in [7, 11) is 0. The predicted octanol–water partition coefficient (Wildman–Crippen LogP) is 3.94. The second-order valence-electron chi connectivity index (χ2n) is 6.04. The molecule has 0 aliphatic heterocycles. The third kappa shape index (κ3) is 3.73. The van der Waals surface area contributed by atoms with Gasteiger partial charge < -0.3 is 10.1 Å². The minimum absolute atomic E-state index is 0.0190. The number of nitrogens with one attached hydrogen (secondary N) is 1. The van der Waals surface area contributed by atoms with Crippen molar-refractivity contribution in [3.8, 4) is 5.75 Å². The maximum absolute atomic E-state index is 12.2. The number of amides is 1. The fourth-order valence-electron chi connectivity index (χ4n) is 2.90. The van der Waals surface area contributed by atoms with E-state index in [1.807, 2.05) is 24.3 Å². The number of ether oxygens (including phenoxy) is 1. The molecule has 1 N–H and O–H groups in total. The number of fused-ring (bicyclic) bond motifs is 1. The van der Waals surface area contributed by atoms with Gasteiger partial charge in [-0.25, -0.2) is 0 Å².